The molecule has 1 atom stereocenters. The summed E-state index contributed by atoms with van der Waals surface area (Å²) in [5.41, 5.74) is 7.76. The van der Waals surface area contributed by atoms with Crippen molar-refractivity contribution in [2.45, 2.75) is 39.5 Å². The van der Waals surface area contributed by atoms with Crippen molar-refractivity contribution >= 4 is 17.2 Å². The lowest BCUT2D eigenvalue weighted by molar-refractivity contribution is -0.127. The number of allylic oxidation sites excluding steroid dienone is 1. The van der Waals surface area contributed by atoms with Crippen molar-refractivity contribution in [2.24, 2.45) is 5.41 Å². The zero-order valence-electron chi connectivity index (χ0n) is 22.8. The number of hydrogen-bond acceptors (Lipinski definition) is 6. The molecule has 1 amide bonds. The molecule has 4 aromatic rings. The number of piperidine rings is 1. The van der Waals surface area contributed by atoms with E-state index >= 15 is 4.39 Å². The van der Waals surface area contributed by atoms with Gasteiger partial charge in [-0.3, -0.25) is 14.2 Å². The van der Waals surface area contributed by atoms with Crippen LogP contribution < -0.4 is 10.5 Å². The molecule has 3 heterocycles. The molecule has 2 aromatic heterocycles. The molecule has 1 saturated heterocycles. The third-order valence-electron chi connectivity index (χ3n) is 6.79. The normalized spacial score (nSPS) is 16.1. The van der Waals surface area contributed by atoms with Crippen LogP contribution in [-0.4, -0.2) is 38.3 Å². The second kappa shape index (κ2) is 10.8. The number of likely N-dealkylation sites (tertiary alicyclic amines) is 1. The highest BCUT2D eigenvalue weighted by atomic mass is 19.1. The highest BCUT2D eigenvalue weighted by Crippen LogP contribution is 2.36. The number of carbonyl (C=O) groups excluding carboxylic acids is 1. The number of para-hydroxylation sites is 1. The number of halogens is 1. The number of anilines is 1. The first-order chi connectivity index (χ1) is 19.1. The lowest BCUT2D eigenvalue weighted by Crippen LogP contribution is -2.40. The maximum atomic E-state index is 15.5. The van der Waals surface area contributed by atoms with Crippen molar-refractivity contribution in [3.63, 3.8) is 0 Å². The Bertz CT molecular complexity index is 1630. The second-order valence-corrected chi connectivity index (χ2v) is 11.1. The van der Waals surface area contributed by atoms with Crippen molar-refractivity contribution in [3.8, 4) is 29.0 Å². The highest BCUT2D eigenvalue weighted by molar-refractivity contribution is 5.97. The number of nitrogens with zero attached hydrogens (tertiary/aromatic N) is 5. The molecule has 8 nitrogen and oxygen atoms in total. The number of nitriles is 1. The monoisotopic (exact) mass is 538 g/mol. The Kier molecular flexibility index (Phi) is 7.26. The number of rotatable bonds is 5. The molecule has 0 unspecified atom stereocenters. The van der Waals surface area contributed by atoms with Gasteiger partial charge in [-0.25, -0.2) is 9.37 Å². The fraction of sp³-hybridized carbons (Fsp3) is 0.290. The predicted octanol–water partition coefficient (Wildman–Crippen LogP) is 6.11. The van der Waals surface area contributed by atoms with Crippen LogP contribution >= 0.6 is 0 Å². The van der Waals surface area contributed by atoms with Gasteiger partial charge >= 0.3 is 0 Å². The largest absolute Gasteiger partial charge is 0.457 e. The minimum atomic E-state index is -0.505. The van der Waals surface area contributed by atoms with Crippen molar-refractivity contribution in [1.29, 1.82) is 5.26 Å². The molecule has 2 aromatic carbocycles. The number of benzene rings is 2. The Morgan fingerprint density at radius 2 is 1.95 bits per heavy atom. The minimum Gasteiger partial charge on any atom is -0.457 e. The molecule has 0 aliphatic carbocycles. The Hall–Kier alpha value is -4.71. The van der Waals surface area contributed by atoms with Crippen LogP contribution in [0, 0.1) is 22.6 Å². The van der Waals surface area contributed by atoms with Crippen molar-refractivity contribution in [3.05, 3.63) is 84.1 Å². The van der Waals surface area contributed by atoms with E-state index in [1.54, 1.807) is 45.8 Å². The van der Waals surface area contributed by atoms with E-state index in [0.717, 1.165) is 12.8 Å². The number of fused-ring (bicyclic) bond motifs is 1. The van der Waals surface area contributed by atoms with Crippen molar-refractivity contribution in [2.75, 3.05) is 18.8 Å². The van der Waals surface area contributed by atoms with E-state index in [-0.39, 0.29) is 28.4 Å². The molecule has 204 valence electrons. The summed E-state index contributed by atoms with van der Waals surface area (Å²) in [6.07, 6.45) is 6.39. The van der Waals surface area contributed by atoms with Crippen LogP contribution in [0.1, 0.15) is 45.2 Å². The van der Waals surface area contributed by atoms with E-state index in [1.165, 1.54) is 12.3 Å². The molecule has 0 saturated carbocycles. The molecule has 5 rings (SSSR count). The summed E-state index contributed by atoms with van der Waals surface area (Å²) < 4.78 is 23.0. The molecule has 2 N–H and O–H groups in total. The van der Waals surface area contributed by atoms with E-state index < -0.39 is 5.82 Å². The van der Waals surface area contributed by atoms with Crippen molar-refractivity contribution in [1.82, 2.24) is 19.3 Å². The number of nitrogens with two attached hydrogens (primary N) is 1. The third kappa shape index (κ3) is 5.52. The van der Waals surface area contributed by atoms with Gasteiger partial charge in [0.25, 0.3) is 5.91 Å². The van der Waals surface area contributed by atoms with E-state index in [1.807, 2.05) is 39.0 Å². The minimum absolute atomic E-state index is 0.134. The van der Waals surface area contributed by atoms with Gasteiger partial charge in [0.1, 0.15) is 40.6 Å². The standard InChI is InChI=1S/C31H31FN6O2/c1-31(2,3)15-21(16-33)30(39)37-13-7-8-20(19-37)28-26-17-35-18-27(34)38(26)29(36-28)24-12-11-23(14-25(24)32)40-22-9-5-4-6-10-22/h4-6,9-12,14-15,17-18,20H,7-8,13,19,34H2,1-3H3/b21-15+/t20-/m1/s1. The zero-order valence-corrected chi connectivity index (χ0v) is 22.8. The van der Waals surface area contributed by atoms with E-state index in [4.69, 9.17) is 15.5 Å². The molecule has 0 spiro atoms. The van der Waals surface area contributed by atoms with Crippen LogP contribution in [-0.2, 0) is 4.79 Å². The molecular formula is C31H31FN6O2. The summed E-state index contributed by atoms with van der Waals surface area (Å²) in [5.74, 6) is 0.704. The lowest BCUT2D eigenvalue weighted by Gasteiger charge is -2.32. The van der Waals surface area contributed by atoms with Gasteiger partial charge in [-0.1, -0.05) is 45.0 Å². The lowest BCUT2D eigenvalue weighted by atomic mass is 9.91. The average molecular weight is 539 g/mol. The van der Waals surface area contributed by atoms with Gasteiger partial charge in [-0.05, 0) is 42.5 Å². The van der Waals surface area contributed by atoms with Gasteiger partial charge in [0, 0.05) is 25.1 Å². The summed E-state index contributed by atoms with van der Waals surface area (Å²) >= 11 is 0. The average Bonchev–Trinajstić information content (AvgIpc) is 3.32. The summed E-state index contributed by atoms with van der Waals surface area (Å²) in [4.78, 5) is 24.1. The number of hydrogen-bond donors (Lipinski definition) is 1. The van der Waals surface area contributed by atoms with Gasteiger partial charge < -0.3 is 15.4 Å². The van der Waals surface area contributed by atoms with Gasteiger partial charge in [-0.2, -0.15) is 5.26 Å². The number of amides is 1. The molecule has 1 fully saturated rings. The molecule has 9 heteroatoms. The number of nitrogen functional groups attached to an aromatic ring is 1. The molecule has 0 radical (unpaired) electrons. The van der Waals surface area contributed by atoms with Crippen LogP contribution in [0.5, 0.6) is 11.5 Å². The summed E-state index contributed by atoms with van der Waals surface area (Å²) in [7, 11) is 0. The SMILES string of the molecule is CC(C)(C)/C=C(\C#N)C(=O)N1CCC[C@@H](c2nc(-c3ccc(Oc4ccccc4)cc3F)n3c(N)cncc23)C1. The summed E-state index contributed by atoms with van der Waals surface area (Å²) in [6, 6.07) is 15.9. The highest BCUT2D eigenvalue weighted by Gasteiger charge is 2.31. The quantitative estimate of drug-likeness (QED) is 0.242. The summed E-state index contributed by atoms with van der Waals surface area (Å²) in [5, 5.41) is 9.65. The first kappa shape index (κ1) is 26.9. The third-order valence-corrected chi connectivity index (χ3v) is 6.79. The fourth-order valence-corrected chi connectivity index (χ4v) is 5.05. The predicted molar refractivity (Wildman–Crippen MR) is 151 cm³/mol. The van der Waals surface area contributed by atoms with Crippen LogP contribution in [0.3, 0.4) is 0 Å². The fourth-order valence-electron chi connectivity index (χ4n) is 5.05. The summed E-state index contributed by atoms with van der Waals surface area (Å²) in [6.45, 7) is 6.79. The topological polar surface area (TPSA) is 110 Å². The van der Waals surface area contributed by atoms with Crippen LogP contribution in [0.2, 0.25) is 0 Å². The Labute approximate surface area is 232 Å². The number of ether oxygens (including phenoxy) is 1. The van der Waals surface area contributed by atoms with E-state index in [2.05, 4.69) is 11.1 Å². The maximum absolute atomic E-state index is 15.5. The second-order valence-electron chi connectivity index (χ2n) is 11.1. The van der Waals surface area contributed by atoms with Crippen LogP contribution in [0.25, 0.3) is 16.9 Å². The molecule has 40 heavy (non-hydrogen) atoms. The van der Waals surface area contributed by atoms with E-state index in [0.29, 0.717) is 47.4 Å². The maximum Gasteiger partial charge on any atom is 0.264 e. The smallest absolute Gasteiger partial charge is 0.264 e. The molecule has 1 aliphatic rings. The number of imidazole rings is 1. The molecular weight excluding hydrogens is 507 g/mol. The first-order valence-corrected chi connectivity index (χ1v) is 13.2. The van der Waals surface area contributed by atoms with Crippen LogP contribution in [0.15, 0.2) is 72.6 Å². The Morgan fingerprint density at radius 3 is 2.65 bits per heavy atom. The van der Waals surface area contributed by atoms with Gasteiger partial charge in [0.15, 0.2) is 0 Å². The first-order valence-electron chi connectivity index (χ1n) is 13.2. The Balaban J connectivity index is 1.49. The number of aromatic nitrogens is 3. The van der Waals surface area contributed by atoms with Gasteiger partial charge in [-0.15, -0.1) is 0 Å². The van der Waals surface area contributed by atoms with E-state index in [9.17, 15) is 10.1 Å². The Morgan fingerprint density at radius 1 is 1.18 bits per heavy atom. The van der Waals surface area contributed by atoms with Gasteiger partial charge in [0.2, 0.25) is 0 Å². The number of carbonyl (C=O) groups is 1. The zero-order chi connectivity index (χ0) is 28.4. The molecule has 1 aliphatic heterocycles. The van der Waals surface area contributed by atoms with Gasteiger partial charge in [0.05, 0.1) is 29.2 Å². The van der Waals surface area contributed by atoms with Crippen molar-refractivity contribution < 1.29 is 13.9 Å². The molecule has 0 bridgehead atoms. The van der Waals surface area contributed by atoms with Crippen LogP contribution in [0.4, 0.5) is 10.2 Å².